The van der Waals surface area contributed by atoms with Crippen LogP contribution >= 0.6 is 0 Å². The summed E-state index contributed by atoms with van der Waals surface area (Å²) in [6.07, 6.45) is -4.74. The number of hydrogen-bond donors (Lipinski definition) is 1. The molecular weight excluding hydrogens is 269 g/mol. The molecule has 0 saturated heterocycles. The third-order valence-corrected chi connectivity index (χ3v) is 2.09. The molecule has 19 heavy (non-hydrogen) atoms. The molecule has 0 aromatic heterocycles. The van der Waals surface area contributed by atoms with Crippen molar-refractivity contribution in [1.82, 2.24) is 0 Å². The Bertz CT molecular complexity index is 554. The van der Waals surface area contributed by atoms with Crippen LogP contribution in [0.3, 0.4) is 0 Å². The molecular formula is C10H7F3N2O4. The number of anilines is 1. The van der Waals surface area contributed by atoms with Gasteiger partial charge in [0.15, 0.2) is 0 Å². The van der Waals surface area contributed by atoms with E-state index in [1.807, 2.05) is 5.32 Å². The van der Waals surface area contributed by atoms with Crippen LogP contribution in [-0.4, -0.2) is 16.6 Å². The molecule has 1 N–H and O–H groups in total. The zero-order valence-electron chi connectivity index (χ0n) is 9.45. The van der Waals surface area contributed by atoms with Crippen molar-refractivity contribution in [2.24, 2.45) is 0 Å². The summed E-state index contributed by atoms with van der Waals surface area (Å²) in [4.78, 5) is 31.3. The van der Waals surface area contributed by atoms with Crippen molar-refractivity contribution in [2.45, 2.75) is 13.1 Å². The minimum atomic E-state index is -4.74. The van der Waals surface area contributed by atoms with Crippen molar-refractivity contribution < 1.29 is 27.7 Å². The van der Waals surface area contributed by atoms with Gasteiger partial charge in [0.05, 0.1) is 10.5 Å². The number of nitro groups is 1. The predicted octanol–water partition coefficient (Wildman–Crippen LogP) is 2.14. The summed E-state index contributed by atoms with van der Waals surface area (Å²) in [5.74, 6) is -2.07. The number of ketones is 1. The molecule has 0 aliphatic rings. The van der Waals surface area contributed by atoms with E-state index < -0.39 is 39.7 Å². The summed E-state index contributed by atoms with van der Waals surface area (Å²) < 4.78 is 37.2. The second kappa shape index (κ2) is 5.04. The third-order valence-electron chi connectivity index (χ3n) is 2.09. The van der Waals surface area contributed by atoms with E-state index in [0.717, 1.165) is 13.0 Å². The number of benzene rings is 1. The molecule has 0 aliphatic carbocycles. The molecule has 102 valence electrons. The number of hydrogen-bond acceptors (Lipinski definition) is 4. The van der Waals surface area contributed by atoms with Gasteiger partial charge in [-0.2, -0.15) is 13.2 Å². The molecule has 1 aromatic carbocycles. The average Bonchev–Trinajstić information content (AvgIpc) is 2.27. The fraction of sp³-hybridized carbons (Fsp3) is 0.200. The largest absolute Gasteiger partial charge is 0.416 e. The summed E-state index contributed by atoms with van der Waals surface area (Å²) in [5.41, 5.74) is -2.64. The highest BCUT2D eigenvalue weighted by molar-refractivity contribution is 6.39. The van der Waals surface area contributed by atoms with Crippen LogP contribution < -0.4 is 5.32 Å². The number of nitrogens with zero attached hydrogens (tertiary/aromatic N) is 1. The maximum absolute atomic E-state index is 12.4. The van der Waals surface area contributed by atoms with Gasteiger partial charge in [0, 0.05) is 13.0 Å². The molecule has 6 nitrogen and oxygen atoms in total. The minimum absolute atomic E-state index is 0.287. The summed E-state index contributed by atoms with van der Waals surface area (Å²) in [5, 5.41) is 12.5. The maximum atomic E-state index is 12.4. The van der Waals surface area contributed by atoms with Crippen molar-refractivity contribution in [3.05, 3.63) is 33.9 Å². The van der Waals surface area contributed by atoms with Gasteiger partial charge in [0.25, 0.3) is 11.6 Å². The number of carbonyl (C=O) groups is 2. The standard InChI is InChI=1S/C10H7F3N2O4/c1-5(16)9(17)14-7-3-2-6(10(11,12)13)4-8(7)15(18)19/h2-4H,1H3,(H,14,17). The summed E-state index contributed by atoms with van der Waals surface area (Å²) in [6, 6.07) is 1.58. The lowest BCUT2D eigenvalue weighted by atomic mass is 10.1. The van der Waals surface area contributed by atoms with Crippen LogP contribution in [0.25, 0.3) is 0 Å². The Labute approximate surface area is 104 Å². The molecule has 1 rings (SSSR count). The first-order chi connectivity index (χ1) is 8.62. The van der Waals surface area contributed by atoms with Gasteiger partial charge in [-0.25, -0.2) is 0 Å². The van der Waals surface area contributed by atoms with Gasteiger partial charge in [-0.3, -0.25) is 19.7 Å². The maximum Gasteiger partial charge on any atom is 0.416 e. The highest BCUT2D eigenvalue weighted by Crippen LogP contribution is 2.34. The van der Waals surface area contributed by atoms with E-state index in [1.54, 1.807) is 0 Å². The Morgan fingerprint density at radius 3 is 2.32 bits per heavy atom. The fourth-order valence-electron chi connectivity index (χ4n) is 1.18. The minimum Gasteiger partial charge on any atom is -0.314 e. The Morgan fingerprint density at radius 2 is 1.89 bits per heavy atom. The van der Waals surface area contributed by atoms with E-state index in [-0.39, 0.29) is 6.07 Å². The second-order valence-electron chi connectivity index (χ2n) is 3.50. The zero-order chi connectivity index (χ0) is 14.8. The Morgan fingerprint density at radius 1 is 1.32 bits per heavy atom. The first-order valence-electron chi connectivity index (χ1n) is 4.80. The molecule has 0 unspecified atom stereocenters. The SMILES string of the molecule is CC(=O)C(=O)Nc1ccc(C(F)(F)F)cc1[N+](=O)[O-]. The number of carbonyl (C=O) groups excluding carboxylic acids is 2. The average molecular weight is 276 g/mol. The normalized spacial score (nSPS) is 10.9. The molecule has 1 aromatic rings. The molecule has 0 radical (unpaired) electrons. The van der Waals surface area contributed by atoms with Gasteiger partial charge < -0.3 is 5.32 Å². The van der Waals surface area contributed by atoms with Crippen LogP contribution in [0.15, 0.2) is 18.2 Å². The van der Waals surface area contributed by atoms with Gasteiger partial charge in [-0.05, 0) is 12.1 Å². The monoisotopic (exact) mass is 276 g/mol. The van der Waals surface area contributed by atoms with Gasteiger partial charge >= 0.3 is 6.18 Å². The number of rotatable bonds is 3. The first-order valence-corrected chi connectivity index (χ1v) is 4.80. The molecule has 0 spiro atoms. The lowest BCUT2D eigenvalue weighted by Crippen LogP contribution is -2.20. The van der Waals surface area contributed by atoms with Crippen molar-refractivity contribution >= 4 is 23.1 Å². The van der Waals surface area contributed by atoms with Crippen LogP contribution in [-0.2, 0) is 15.8 Å². The highest BCUT2D eigenvalue weighted by atomic mass is 19.4. The van der Waals surface area contributed by atoms with Crippen LogP contribution in [0.1, 0.15) is 12.5 Å². The van der Waals surface area contributed by atoms with Crippen molar-refractivity contribution in [2.75, 3.05) is 5.32 Å². The number of nitrogens with one attached hydrogen (secondary N) is 1. The molecule has 0 atom stereocenters. The molecule has 0 bridgehead atoms. The zero-order valence-corrected chi connectivity index (χ0v) is 9.45. The first kappa shape index (κ1) is 14.6. The molecule has 9 heteroatoms. The second-order valence-corrected chi connectivity index (χ2v) is 3.50. The third kappa shape index (κ3) is 3.50. The molecule has 0 fully saturated rings. The summed E-state index contributed by atoms with van der Waals surface area (Å²) >= 11 is 0. The lowest BCUT2D eigenvalue weighted by molar-refractivity contribution is -0.384. The van der Waals surface area contributed by atoms with E-state index in [9.17, 15) is 32.9 Å². The van der Waals surface area contributed by atoms with Crippen molar-refractivity contribution in [1.29, 1.82) is 0 Å². The quantitative estimate of drug-likeness (QED) is 0.520. The number of alkyl halides is 3. The van der Waals surface area contributed by atoms with Gasteiger partial charge in [-0.1, -0.05) is 0 Å². The van der Waals surface area contributed by atoms with Crippen LogP contribution in [0, 0.1) is 10.1 Å². The van der Waals surface area contributed by atoms with E-state index in [0.29, 0.717) is 6.07 Å². The summed E-state index contributed by atoms with van der Waals surface area (Å²) in [7, 11) is 0. The van der Waals surface area contributed by atoms with Crippen molar-refractivity contribution in [3.63, 3.8) is 0 Å². The smallest absolute Gasteiger partial charge is 0.314 e. The number of nitro benzene ring substituents is 1. The van der Waals surface area contributed by atoms with E-state index in [2.05, 4.69) is 0 Å². The van der Waals surface area contributed by atoms with E-state index >= 15 is 0 Å². The molecule has 1 amide bonds. The topological polar surface area (TPSA) is 89.3 Å². The van der Waals surface area contributed by atoms with Crippen LogP contribution in [0.5, 0.6) is 0 Å². The summed E-state index contributed by atoms with van der Waals surface area (Å²) in [6.45, 7) is 0.922. The van der Waals surface area contributed by atoms with Gasteiger partial charge in [0.2, 0.25) is 5.78 Å². The lowest BCUT2D eigenvalue weighted by Gasteiger charge is -2.09. The number of halogens is 3. The van der Waals surface area contributed by atoms with E-state index in [1.165, 1.54) is 0 Å². The molecule has 0 heterocycles. The molecule has 0 aliphatic heterocycles. The highest BCUT2D eigenvalue weighted by Gasteiger charge is 2.33. The number of Topliss-reactive ketones (excluding diaryl/α,β-unsaturated/α-hetero) is 1. The van der Waals surface area contributed by atoms with Crippen molar-refractivity contribution in [3.8, 4) is 0 Å². The Kier molecular flexibility index (Phi) is 3.88. The van der Waals surface area contributed by atoms with Gasteiger partial charge in [0.1, 0.15) is 5.69 Å². The fourth-order valence-corrected chi connectivity index (χ4v) is 1.18. The Balaban J connectivity index is 3.23. The number of amides is 1. The Hall–Kier alpha value is -2.45. The van der Waals surface area contributed by atoms with Gasteiger partial charge in [-0.15, -0.1) is 0 Å². The molecule has 0 saturated carbocycles. The van der Waals surface area contributed by atoms with Crippen LogP contribution in [0.2, 0.25) is 0 Å². The van der Waals surface area contributed by atoms with Crippen LogP contribution in [0.4, 0.5) is 24.5 Å². The predicted molar refractivity (Wildman–Crippen MR) is 57.4 cm³/mol. The van der Waals surface area contributed by atoms with E-state index in [4.69, 9.17) is 0 Å².